The van der Waals surface area contributed by atoms with Crippen LogP contribution in [-0.4, -0.2) is 31.1 Å². The normalized spacial score (nSPS) is 23.6. The van der Waals surface area contributed by atoms with E-state index in [9.17, 15) is 0 Å². The van der Waals surface area contributed by atoms with Crippen LogP contribution < -0.4 is 5.32 Å². The first-order chi connectivity index (χ1) is 8.15. The second kappa shape index (κ2) is 5.65. The molecule has 94 valence electrons. The minimum absolute atomic E-state index is 0.451. The molecule has 1 aliphatic heterocycles. The first-order valence-electron chi connectivity index (χ1n) is 6.66. The molecular weight excluding hydrogens is 208 g/mol. The molecular formula is C15H24N2. The summed E-state index contributed by atoms with van der Waals surface area (Å²) in [5, 5.41) is 3.74. The molecule has 1 N–H and O–H groups in total. The molecule has 0 radical (unpaired) electrons. The molecule has 0 aromatic heterocycles. The van der Waals surface area contributed by atoms with Crippen molar-refractivity contribution >= 4 is 0 Å². The van der Waals surface area contributed by atoms with Crippen molar-refractivity contribution in [3.8, 4) is 0 Å². The third-order valence-corrected chi connectivity index (χ3v) is 3.69. The van der Waals surface area contributed by atoms with Gasteiger partial charge in [0, 0.05) is 18.6 Å². The van der Waals surface area contributed by atoms with Crippen LogP contribution in [0, 0.1) is 6.92 Å². The highest BCUT2D eigenvalue weighted by atomic mass is 15.1. The lowest BCUT2D eigenvalue weighted by Gasteiger charge is -2.32. The van der Waals surface area contributed by atoms with Gasteiger partial charge in [-0.1, -0.05) is 29.8 Å². The number of likely N-dealkylation sites (tertiary alicyclic amines) is 1. The van der Waals surface area contributed by atoms with Gasteiger partial charge in [-0.15, -0.1) is 0 Å². The summed E-state index contributed by atoms with van der Waals surface area (Å²) in [6, 6.07) is 9.96. The second-order valence-corrected chi connectivity index (χ2v) is 5.40. The van der Waals surface area contributed by atoms with E-state index < -0.39 is 0 Å². The molecule has 0 spiro atoms. The average Bonchev–Trinajstić information content (AvgIpc) is 2.29. The van der Waals surface area contributed by atoms with Crippen molar-refractivity contribution in [1.82, 2.24) is 10.2 Å². The van der Waals surface area contributed by atoms with Gasteiger partial charge in [-0.3, -0.25) is 0 Å². The maximum atomic E-state index is 3.74. The van der Waals surface area contributed by atoms with E-state index >= 15 is 0 Å². The fraction of sp³-hybridized carbons (Fsp3) is 0.600. The van der Waals surface area contributed by atoms with E-state index in [1.165, 1.54) is 37.1 Å². The lowest BCUT2D eigenvalue weighted by atomic mass is 10.0. The summed E-state index contributed by atoms with van der Waals surface area (Å²) in [5.41, 5.74) is 2.72. The summed E-state index contributed by atoms with van der Waals surface area (Å²) >= 11 is 0. The maximum Gasteiger partial charge on any atom is 0.0294 e. The van der Waals surface area contributed by atoms with E-state index in [4.69, 9.17) is 0 Å². The van der Waals surface area contributed by atoms with Gasteiger partial charge in [-0.05, 0) is 45.8 Å². The number of hydrogen-bond acceptors (Lipinski definition) is 2. The van der Waals surface area contributed by atoms with Crippen LogP contribution in [0.25, 0.3) is 0 Å². The quantitative estimate of drug-likeness (QED) is 0.862. The molecule has 2 rings (SSSR count). The van der Waals surface area contributed by atoms with Crippen LogP contribution in [0.1, 0.15) is 36.9 Å². The number of nitrogens with zero attached hydrogens (tertiary/aromatic N) is 1. The highest BCUT2D eigenvalue weighted by Gasteiger charge is 2.18. The summed E-state index contributed by atoms with van der Waals surface area (Å²) in [6.07, 6.45) is 2.62. The number of aryl methyl sites for hydroxylation is 1. The van der Waals surface area contributed by atoms with E-state index in [1.807, 2.05) is 0 Å². The van der Waals surface area contributed by atoms with E-state index in [2.05, 4.69) is 55.4 Å². The minimum atomic E-state index is 0.451. The van der Waals surface area contributed by atoms with Crippen molar-refractivity contribution in [2.45, 2.75) is 38.8 Å². The molecule has 1 fully saturated rings. The summed E-state index contributed by atoms with van der Waals surface area (Å²) in [4.78, 5) is 2.42. The van der Waals surface area contributed by atoms with Crippen molar-refractivity contribution < 1.29 is 0 Å². The molecule has 2 unspecified atom stereocenters. The molecule has 0 amide bonds. The van der Waals surface area contributed by atoms with Crippen LogP contribution >= 0.6 is 0 Å². The fourth-order valence-corrected chi connectivity index (χ4v) is 2.61. The maximum absolute atomic E-state index is 3.74. The van der Waals surface area contributed by atoms with Gasteiger partial charge in [0.05, 0.1) is 0 Å². The van der Waals surface area contributed by atoms with Crippen molar-refractivity contribution in [3.05, 3.63) is 35.4 Å². The number of benzene rings is 1. The molecule has 2 atom stereocenters. The fourth-order valence-electron chi connectivity index (χ4n) is 2.61. The molecule has 1 aliphatic rings. The van der Waals surface area contributed by atoms with Gasteiger partial charge in [-0.25, -0.2) is 0 Å². The molecule has 2 heteroatoms. The predicted molar refractivity (Wildman–Crippen MR) is 73.2 cm³/mol. The molecule has 2 nitrogen and oxygen atoms in total. The Labute approximate surface area is 105 Å². The second-order valence-electron chi connectivity index (χ2n) is 5.40. The zero-order chi connectivity index (χ0) is 12.3. The van der Waals surface area contributed by atoms with E-state index in [0.717, 1.165) is 0 Å². The van der Waals surface area contributed by atoms with Gasteiger partial charge in [0.15, 0.2) is 0 Å². The zero-order valence-electron chi connectivity index (χ0n) is 11.2. The monoisotopic (exact) mass is 232 g/mol. The molecule has 1 saturated heterocycles. The van der Waals surface area contributed by atoms with Crippen molar-refractivity contribution in [3.63, 3.8) is 0 Å². The highest BCUT2D eigenvalue weighted by molar-refractivity contribution is 5.23. The first kappa shape index (κ1) is 12.6. The number of piperidine rings is 1. The lowest BCUT2D eigenvalue weighted by Crippen LogP contribution is -2.44. The molecule has 0 aliphatic carbocycles. The Morgan fingerprint density at radius 1 is 1.29 bits per heavy atom. The third kappa shape index (κ3) is 3.55. The van der Waals surface area contributed by atoms with Crippen LogP contribution in [0.2, 0.25) is 0 Å². The van der Waals surface area contributed by atoms with Gasteiger partial charge >= 0.3 is 0 Å². The summed E-state index contributed by atoms with van der Waals surface area (Å²) in [7, 11) is 2.21. The Hall–Kier alpha value is -0.860. The van der Waals surface area contributed by atoms with Crippen molar-refractivity contribution in [2.75, 3.05) is 20.1 Å². The summed E-state index contributed by atoms with van der Waals surface area (Å²) < 4.78 is 0. The van der Waals surface area contributed by atoms with Gasteiger partial charge < -0.3 is 10.2 Å². The molecule has 1 aromatic rings. The van der Waals surface area contributed by atoms with E-state index in [-0.39, 0.29) is 0 Å². The van der Waals surface area contributed by atoms with Crippen LogP contribution in [0.3, 0.4) is 0 Å². The Kier molecular flexibility index (Phi) is 4.19. The van der Waals surface area contributed by atoms with Gasteiger partial charge in [0.25, 0.3) is 0 Å². The van der Waals surface area contributed by atoms with Crippen LogP contribution in [-0.2, 0) is 0 Å². The number of likely N-dealkylation sites (N-methyl/N-ethyl adjacent to an activating group) is 1. The SMILES string of the molecule is Cc1ccc(C(C)NC2CCCN(C)C2)cc1. The molecule has 17 heavy (non-hydrogen) atoms. The van der Waals surface area contributed by atoms with Crippen LogP contribution in [0.5, 0.6) is 0 Å². The smallest absolute Gasteiger partial charge is 0.0294 e. The van der Waals surface area contributed by atoms with Crippen LogP contribution in [0.15, 0.2) is 24.3 Å². The standard InChI is InChI=1S/C15H24N2/c1-12-6-8-14(9-7-12)13(2)16-15-5-4-10-17(3)11-15/h6-9,13,15-16H,4-5,10-11H2,1-3H3. The third-order valence-electron chi connectivity index (χ3n) is 3.69. The minimum Gasteiger partial charge on any atom is -0.306 e. The highest BCUT2D eigenvalue weighted by Crippen LogP contribution is 2.16. The number of hydrogen-bond donors (Lipinski definition) is 1. The lowest BCUT2D eigenvalue weighted by molar-refractivity contribution is 0.218. The first-order valence-corrected chi connectivity index (χ1v) is 6.66. The van der Waals surface area contributed by atoms with E-state index in [1.54, 1.807) is 0 Å². The summed E-state index contributed by atoms with van der Waals surface area (Å²) in [5.74, 6) is 0. The Morgan fingerprint density at radius 3 is 2.65 bits per heavy atom. The summed E-state index contributed by atoms with van der Waals surface area (Å²) in [6.45, 7) is 6.82. The largest absolute Gasteiger partial charge is 0.306 e. The van der Waals surface area contributed by atoms with E-state index in [0.29, 0.717) is 12.1 Å². The molecule has 1 aromatic carbocycles. The molecule has 0 saturated carbocycles. The van der Waals surface area contributed by atoms with Crippen molar-refractivity contribution in [1.29, 1.82) is 0 Å². The van der Waals surface area contributed by atoms with Crippen LogP contribution in [0.4, 0.5) is 0 Å². The predicted octanol–water partition coefficient (Wildman–Crippen LogP) is 2.74. The van der Waals surface area contributed by atoms with Gasteiger partial charge in [0.2, 0.25) is 0 Å². The van der Waals surface area contributed by atoms with Gasteiger partial charge in [-0.2, -0.15) is 0 Å². The average molecular weight is 232 g/mol. The number of nitrogens with one attached hydrogen (secondary N) is 1. The Bertz CT molecular complexity index is 344. The molecule has 1 heterocycles. The molecule has 0 bridgehead atoms. The Balaban J connectivity index is 1.91. The topological polar surface area (TPSA) is 15.3 Å². The zero-order valence-corrected chi connectivity index (χ0v) is 11.2. The van der Waals surface area contributed by atoms with Crippen molar-refractivity contribution in [2.24, 2.45) is 0 Å². The van der Waals surface area contributed by atoms with Gasteiger partial charge in [0.1, 0.15) is 0 Å². The Morgan fingerprint density at radius 2 is 2.00 bits per heavy atom. The number of rotatable bonds is 3.